The number of carbonyl (C=O) groups is 2. The Hall–Kier alpha value is -3.99. The van der Waals surface area contributed by atoms with Crippen LogP contribution in [0.4, 0.5) is 17.6 Å². The fraction of sp³-hybridized carbons (Fsp3) is 0.457. The van der Waals surface area contributed by atoms with Gasteiger partial charge in [-0.25, -0.2) is 4.39 Å². The summed E-state index contributed by atoms with van der Waals surface area (Å²) in [6.45, 7) is 10.8. The predicted molar refractivity (Wildman–Crippen MR) is 170 cm³/mol. The first-order valence-electron chi connectivity index (χ1n) is 15.2. The number of nitrogens with zero attached hydrogens (tertiary/aromatic N) is 2. The smallest absolute Gasteiger partial charge is 0.416 e. The molecule has 0 saturated heterocycles. The molecule has 2 atom stereocenters. The van der Waals surface area contributed by atoms with Gasteiger partial charge in [-0.3, -0.25) is 14.4 Å². The topological polar surface area (TPSA) is 91.6 Å². The number of halogens is 4. The molecule has 0 aliphatic rings. The zero-order chi connectivity index (χ0) is 34.7. The van der Waals surface area contributed by atoms with Gasteiger partial charge in [-0.05, 0) is 124 Å². The van der Waals surface area contributed by atoms with Crippen LogP contribution in [0, 0.1) is 39.4 Å². The van der Waals surface area contributed by atoms with Crippen LogP contribution in [0.3, 0.4) is 0 Å². The number of aromatic nitrogens is 1. The highest BCUT2D eigenvalue weighted by Gasteiger charge is 2.32. The molecular formula is C35H43F4N3O4. The van der Waals surface area contributed by atoms with Gasteiger partial charge in [-0.2, -0.15) is 13.2 Å². The quantitative estimate of drug-likeness (QED) is 0.209. The molecule has 2 unspecified atom stereocenters. The summed E-state index contributed by atoms with van der Waals surface area (Å²) in [6.07, 6.45) is -2.65. The SMILES string of the molecule is Cc1cc(=O)n(C(CC(C)C)C(=O)NC(CC(=O)O)c2cc(-c3c(C)cc(C(F)(F)F)cc3C)cc(C)c2F)cc1CCN(C)C. The number of carboxylic acids is 1. The molecule has 11 heteroatoms. The van der Waals surface area contributed by atoms with Gasteiger partial charge in [0, 0.05) is 24.4 Å². The molecule has 0 radical (unpaired) electrons. The molecule has 3 aromatic rings. The maximum atomic E-state index is 15.8. The van der Waals surface area contributed by atoms with Crippen LogP contribution in [0.15, 0.2) is 41.3 Å². The van der Waals surface area contributed by atoms with Crippen molar-refractivity contribution in [3.05, 3.63) is 91.6 Å². The molecule has 1 aromatic heterocycles. The van der Waals surface area contributed by atoms with Gasteiger partial charge >= 0.3 is 12.1 Å². The molecule has 250 valence electrons. The number of aryl methyl sites for hydroxylation is 4. The highest BCUT2D eigenvalue weighted by Crippen LogP contribution is 2.38. The zero-order valence-electron chi connectivity index (χ0n) is 27.6. The van der Waals surface area contributed by atoms with E-state index in [2.05, 4.69) is 5.32 Å². The minimum absolute atomic E-state index is 0.0277. The number of pyridine rings is 1. The minimum atomic E-state index is -4.55. The summed E-state index contributed by atoms with van der Waals surface area (Å²) in [5, 5.41) is 12.5. The number of aliphatic carboxylic acids is 1. The van der Waals surface area contributed by atoms with E-state index >= 15 is 4.39 Å². The zero-order valence-corrected chi connectivity index (χ0v) is 27.6. The molecular weight excluding hydrogens is 602 g/mol. The Morgan fingerprint density at radius 2 is 1.57 bits per heavy atom. The molecule has 46 heavy (non-hydrogen) atoms. The number of carboxylic acid groups (broad SMARTS) is 1. The van der Waals surface area contributed by atoms with E-state index in [-0.39, 0.29) is 29.0 Å². The van der Waals surface area contributed by atoms with Gasteiger partial charge in [-0.15, -0.1) is 0 Å². The average molecular weight is 646 g/mol. The maximum absolute atomic E-state index is 15.8. The average Bonchev–Trinajstić information content (AvgIpc) is 2.91. The van der Waals surface area contributed by atoms with Crippen molar-refractivity contribution < 1.29 is 32.3 Å². The lowest BCUT2D eigenvalue weighted by atomic mass is 9.89. The molecule has 1 heterocycles. The molecule has 0 bridgehead atoms. The Kier molecular flexibility index (Phi) is 11.6. The van der Waals surface area contributed by atoms with E-state index in [1.165, 1.54) is 43.5 Å². The molecule has 2 N–H and O–H groups in total. The number of carbonyl (C=O) groups excluding carboxylic acids is 1. The maximum Gasteiger partial charge on any atom is 0.416 e. The van der Waals surface area contributed by atoms with Gasteiger partial charge in [0.05, 0.1) is 18.0 Å². The predicted octanol–water partition coefficient (Wildman–Crippen LogP) is 6.93. The Bertz CT molecular complexity index is 1640. The number of nitrogens with one attached hydrogen (secondary N) is 1. The van der Waals surface area contributed by atoms with Crippen LogP contribution in [-0.4, -0.2) is 47.1 Å². The summed E-state index contributed by atoms with van der Waals surface area (Å²) >= 11 is 0. The van der Waals surface area contributed by atoms with Crippen LogP contribution in [0.25, 0.3) is 11.1 Å². The number of amides is 1. The van der Waals surface area contributed by atoms with E-state index in [9.17, 15) is 32.7 Å². The lowest BCUT2D eigenvalue weighted by Gasteiger charge is -2.26. The minimum Gasteiger partial charge on any atom is -0.481 e. The van der Waals surface area contributed by atoms with E-state index in [0.29, 0.717) is 35.2 Å². The standard InChI is InChI=1S/C35H43F4N3O4/c1-19(2)11-29(42-18-24(9-10-41(7)8)20(3)15-30(42)43)34(46)40-28(17-31(44)45)27-16-25(12-23(6)33(27)36)32-21(4)13-26(14-22(32)5)35(37,38)39/h12-16,18-19,28-29H,9-11,17H2,1-8H3,(H,40,46)(H,44,45). The normalized spacial score (nSPS) is 13.3. The highest BCUT2D eigenvalue weighted by atomic mass is 19.4. The van der Waals surface area contributed by atoms with E-state index in [1.807, 2.05) is 39.8 Å². The monoisotopic (exact) mass is 645 g/mol. The molecule has 0 aliphatic carbocycles. The summed E-state index contributed by atoms with van der Waals surface area (Å²) in [7, 11) is 3.86. The molecule has 0 fully saturated rings. The third kappa shape index (κ3) is 8.84. The molecule has 0 spiro atoms. The Labute approximate surface area is 267 Å². The van der Waals surface area contributed by atoms with Crippen molar-refractivity contribution in [1.82, 2.24) is 14.8 Å². The van der Waals surface area contributed by atoms with Crippen molar-refractivity contribution in [2.75, 3.05) is 20.6 Å². The van der Waals surface area contributed by atoms with Gasteiger partial charge in [0.15, 0.2) is 0 Å². The van der Waals surface area contributed by atoms with E-state index in [1.54, 1.807) is 6.20 Å². The van der Waals surface area contributed by atoms with Crippen molar-refractivity contribution in [3.8, 4) is 11.1 Å². The summed E-state index contributed by atoms with van der Waals surface area (Å²) in [5.74, 6) is -2.71. The molecule has 0 aliphatic heterocycles. The number of benzene rings is 2. The molecule has 7 nitrogen and oxygen atoms in total. The molecule has 0 saturated carbocycles. The van der Waals surface area contributed by atoms with Crippen LogP contribution < -0.4 is 10.9 Å². The number of hydrogen-bond acceptors (Lipinski definition) is 4. The molecule has 1 amide bonds. The number of hydrogen-bond donors (Lipinski definition) is 2. The summed E-state index contributed by atoms with van der Waals surface area (Å²) in [6, 6.07) is 4.04. The van der Waals surface area contributed by atoms with Crippen molar-refractivity contribution in [2.45, 2.75) is 79.1 Å². The van der Waals surface area contributed by atoms with Gasteiger partial charge in [-0.1, -0.05) is 13.8 Å². The third-order valence-electron chi connectivity index (χ3n) is 8.06. The van der Waals surface area contributed by atoms with Crippen LogP contribution in [-0.2, 0) is 22.2 Å². The van der Waals surface area contributed by atoms with Crippen LogP contribution in [0.2, 0.25) is 0 Å². The van der Waals surface area contributed by atoms with Gasteiger partial charge in [0.25, 0.3) is 5.56 Å². The number of rotatable bonds is 12. The summed E-state index contributed by atoms with van der Waals surface area (Å²) in [4.78, 5) is 41.1. The lowest BCUT2D eigenvalue weighted by Crippen LogP contribution is -2.40. The number of alkyl halides is 3. The van der Waals surface area contributed by atoms with Crippen LogP contribution >= 0.6 is 0 Å². The van der Waals surface area contributed by atoms with Crippen molar-refractivity contribution in [1.29, 1.82) is 0 Å². The molecule has 3 rings (SSSR count). The first kappa shape index (κ1) is 36.5. The van der Waals surface area contributed by atoms with Crippen molar-refractivity contribution in [3.63, 3.8) is 0 Å². The number of likely N-dealkylation sites (N-methyl/N-ethyl adjacent to an activating group) is 1. The van der Waals surface area contributed by atoms with E-state index in [0.717, 1.165) is 23.3 Å². The van der Waals surface area contributed by atoms with Crippen molar-refractivity contribution in [2.24, 2.45) is 5.92 Å². The highest BCUT2D eigenvalue weighted by molar-refractivity contribution is 5.82. The second-order valence-electron chi connectivity index (χ2n) is 12.8. The largest absolute Gasteiger partial charge is 0.481 e. The first-order chi connectivity index (χ1) is 21.3. The van der Waals surface area contributed by atoms with Crippen LogP contribution in [0.1, 0.15) is 77.7 Å². The first-order valence-corrected chi connectivity index (χ1v) is 15.2. The van der Waals surface area contributed by atoms with Gasteiger partial charge < -0.3 is 19.9 Å². The molecule has 2 aromatic carbocycles. The fourth-order valence-corrected chi connectivity index (χ4v) is 5.79. The van der Waals surface area contributed by atoms with E-state index in [4.69, 9.17) is 0 Å². The van der Waals surface area contributed by atoms with Crippen LogP contribution in [0.5, 0.6) is 0 Å². The Balaban J connectivity index is 2.12. The Morgan fingerprint density at radius 1 is 0.957 bits per heavy atom. The van der Waals surface area contributed by atoms with Gasteiger partial charge in [0.2, 0.25) is 5.91 Å². The Morgan fingerprint density at radius 3 is 2.09 bits per heavy atom. The lowest BCUT2D eigenvalue weighted by molar-refractivity contribution is -0.138. The second kappa shape index (κ2) is 14.6. The van der Waals surface area contributed by atoms with Crippen molar-refractivity contribution >= 4 is 11.9 Å². The second-order valence-corrected chi connectivity index (χ2v) is 12.8. The summed E-state index contributed by atoms with van der Waals surface area (Å²) < 4.78 is 57.5. The van der Waals surface area contributed by atoms with Gasteiger partial charge in [0.1, 0.15) is 11.9 Å². The van der Waals surface area contributed by atoms with E-state index < -0.39 is 47.9 Å². The summed E-state index contributed by atoms with van der Waals surface area (Å²) in [5.41, 5.74) is 1.95. The third-order valence-corrected chi connectivity index (χ3v) is 8.06. The fourth-order valence-electron chi connectivity index (χ4n) is 5.79.